The fourth-order valence-corrected chi connectivity index (χ4v) is 4.61. The highest BCUT2D eigenvalue weighted by Crippen LogP contribution is 2.42. The first-order chi connectivity index (χ1) is 14.4. The minimum atomic E-state index is -0.664. The normalized spacial score (nSPS) is 20.0. The number of nitrogens with two attached hydrogens (primary N) is 1. The molecule has 0 heterocycles. The van der Waals surface area contributed by atoms with Crippen LogP contribution in [0, 0.1) is 17.3 Å². The van der Waals surface area contributed by atoms with Crippen molar-refractivity contribution < 1.29 is 14.3 Å². The van der Waals surface area contributed by atoms with Crippen LogP contribution >= 0.6 is 0 Å². The van der Waals surface area contributed by atoms with Crippen molar-refractivity contribution in [3.63, 3.8) is 0 Å². The standard InChI is InChI=1S/C26H48N2O3/c1-18(13-14-23-20(3)12-9-16-26(23,6)7)10-8-11-19(2)15-17-31-25(30)22(5)28-24(29)21(4)27/h18-19,21-22H,8-17,27H2,1-7H3,(H,28,29)/t18?,19?,21-,22-/m0/s1. The zero-order valence-electron chi connectivity index (χ0n) is 21.2. The molecular weight excluding hydrogens is 388 g/mol. The van der Waals surface area contributed by atoms with E-state index in [1.165, 1.54) is 44.9 Å². The molecule has 5 heteroatoms. The average Bonchev–Trinajstić information content (AvgIpc) is 2.66. The molecule has 0 aromatic rings. The van der Waals surface area contributed by atoms with Crippen LogP contribution in [0.4, 0.5) is 0 Å². The molecule has 0 aliphatic heterocycles. The van der Waals surface area contributed by atoms with Crippen molar-refractivity contribution in [3.05, 3.63) is 11.1 Å². The van der Waals surface area contributed by atoms with Crippen LogP contribution in [0.2, 0.25) is 0 Å². The summed E-state index contributed by atoms with van der Waals surface area (Å²) >= 11 is 0. The van der Waals surface area contributed by atoms with E-state index < -0.39 is 18.1 Å². The molecule has 0 radical (unpaired) electrons. The van der Waals surface area contributed by atoms with E-state index >= 15 is 0 Å². The summed E-state index contributed by atoms with van der Waals surface area (Å²) in [5, 5.41) is 2.57. The molecule has 180 valence electrons. The van der Waals surface area contributed by atoms with Gasteiger partial charge in [-0.3, -0.25) is 4.79 Å². The second kappa shape index (κ2) is 13.2. The quantitative estimate of drug-likeness (QED) is 0.294. The number of carbonyl (C=O) groups is 2. The van der Waals surface area contributed by atoms with Crippen LogP contribution in [0.3, 0.4) is 0 Å². The second-order valence-corrected chi connectivity index (χ2v) is 10.7. The van der Waals surface area contributed by atoms with Gasteiger partial charge in [0.05, 0.1) is 12.6 Å². The van der Waals surface area contributed by atoms with Crippen molar-refractivity contribution in [1.29, 1.82) is 0 Å². The number of nitrogens with one attached hydrogen (secondary N) is 1. The van der Waals surface area contributed by atoms with E-state index in [4.69, 9.17) is 10.5 Å². The van der Waals surface area contributed by atoms with E-state index in [-0.39, 0.29) is 5.91 Å². The predicted octanol–water partition coefficient (Wildman–Crippen LogP) is 5.52. The summed E-state index contributed by atoms with van der Waals surface area (Å²) in [6.07, 6.45) is 11.0. The lowest BCUT2D eigenvalue weighted by atomic mass is 9.70. The maximum atomic E-state index is 12.0. The molecule has 0 bridgehead atoms. The van der Waals surface area contributed by atoms with E-state index in [1.807, 2.05) is 0 Å². The van der Waals surface area contributed by atoms with Gasteiger partial charge in [0.1, 0.15) is 6.04 Å². The Hall–Kier alpha value is -1.36. The number of allylic oxidation sites excluding steroid dienone is 2. The fourth-order valence-electron chi connectivity index (χ4n) is 4.61. The molecule has 1 aliphatic rings. The predicted molar refractivity (Wildman–Crippen MR) is 129 cm³/mol. The molecule has 0 aromatic carbocycles. The summed E-state index contributed by atoms with van der Waals surface area (Å²) < 4.78 is 5.32. The first-order valence-corrected chi connectivity index (χ1v) is 12.4. The molecule has 0 aromatic heterocycles. The van der Waals surface area contributed by atoms with Crippen LogP contribution in [0.1, 0.15) is 106 Å². The van der Waals surface area contributed by atoms with Gasteiger partial charge in [-0.15, -0.1) is 0 Å². The Balaban J connectivity index is 2.20. The number of carbonyl (C=O) groups excluding carboxylic acids is 2. The highest BCUT2D eigenvalue weighted by molar-refractivity contribution is 5.86. The Labute approximate surface area is 190 Å². The molecule has 3 N–H and O–H groups in total. The molecule has 0 fully saturated rings. The zero-order valence-corrected chi connectivity index (χ0v) is 21.2. The van der Waals surface area contributed by atoms with Gasteiger partial charge in [0, 0.05) is 0 Å². The van der Waals surface area contributed by atoms with Crippen molar-refractivity contribution in [1.82, 2.24) is 5.32 Å². The van der Waals surface area contributed by atoms with Gasteiger partial charge < -0.3 is 15.8 Å². The van der Waals surface area contributed by atoms with Gasteiger partial charge in [0.25, 0.3) is 0 Å². The Kier molecular flexibility index (Phi) is 11.8. The van der Waals surface area contributed by atoms with Gasteiger partial charge in [-0.2, -0.15) is 0 Å². The van der Waals surface area contributed by atoms with Crippen molar-refractivity contribution in [2.24, 2.45) is 23.0 Å². The summed E-state index contributed by atoms with van der Waals surface area (Å²) in [6.45, 7) is 15.4. The molecule has 31 heavy (non-hydrogen) atoms. The molecule has 1 aliphatic carbocycles. The van der Waals surface area contributed by atoms with E-state index in [2.05, 4.69) is 39.9 Å². The topological polar surface area (TPSA) is 81.4 Å². The number of hydrogen-bond donors (Lipinski definition) is 2. The Morgan fingerprint density at radius 2 is 1.68 bits per heavy atom. The molecule has 5 nitrogen and oxygen atoms in total. The van der Waals surface area contributed by atoms with E-state index in [0.29, 0.717) is 17.9 Å². The third-order valence-electron chi connectivity index (χ3n) is 6.95. The lowest BCUT2D eigenvalue weighted by Gasteiger charge is -2.35. The zero-order chi connectivity index (χ0) is 23.6. The Morgan fingerprint density at radius 1 is 1.06 bits per heavy atom. The van der Waals surface area contributed by atoms with Crippen LogP contribution in [0.25, 0.3) is 0 Å². The lowest BCUT2D eigenvalue weighted by Crippen LogP contribution is -2.46. The van der Waals surface area contributed by atoms with Gasteiger partial charge in [0.15, 0.2) is 0 Å². The van der Waals surface area contributed by atoms with Gasteiger partial charge in [0.2, 0.25) is 5.91 Å². The molecule has 2 unspecified atom stereocenters. The van der Waals surface area contributed by atoms with Crippen LogP contribution in [0.15, 0.2) is 11.1 Å². The third-order valence-corrected chi connectivity index (χ3v) is 6.95. The monoisotopic (exact) mass is 436 g/mol. The van der Waals surface area contributed by atoms with Crippen molar-refractivity contribution in [2.45, 2.75) is 118 Å². The number of rotatable bonds is 13. The average molecular weight is 437 g/mol. The largest absolute Gasteiger partial charge is 0.464 e. The van der Waals surface area contributed by atoms with Gasteiger partial charge >= 0.3 is 5.97 Å². The van der Waals surface area contributed by atoms with Gasteiger partial charge in [-0.05, 0) is 76.5 Å². The maximum Gasteiger partial charge on any atom is 0.328 e. The molecule has 0 saturated carbocycles. The molecule has 4 atom stereocenters. The minimum Gasteiger partial charge on any atom is -0.464 e. The summed E-state index contributed by atoms with van der Waals surface area (Å²) in [7, 11) is 0. The van der Waals surface area contributed by atoms with Crippen LogP contribution < -0.4 is 11.1 Å². The number of hydrogen-bond acceptors (Lipinski definition) is 4. The Bertz CT molecular complexity index is 610. The first-order valence-electron chi connectivity index (χ1n) is 12.4. The summed E-state index contributed by atoms with van der Waals surface area (Å²) in [5.41, 5.74) is 9.24. The molecular formula is C26H48N2O3. The maximum absolute atomic E-state index is 12.0. The molecule has 1 rings (SSSR count). The molecule has 0 spiro atoms. The SMILES string of the molecule is CC1=C(CCC(C)CCCC(C)CCOC(=O)[C@H](C)NC(=O)[C@H](C)N)C(C)(C)CCC1. The highest BCUT2D eigenvalue weighted by atomic mass is 16.5. The van der Waals surface area contributed by atoms with Crippen LogP contribution in [-0.4, -0.2) is 30.6 Å². The molecule has 1 amide bonds. The summed E-state index contributed by atoms with van der Waals surface area (Å²) in [4.78, 5) is 23.5. The first kappa shape index (κ1) is 27.7. The minimum absolute atomic E-state index is 0.342. The van der Waals surface area contributed by atoms with E-state index in [0.717, 1.165) is 18.8 Å². The van der Waals surface area contributed by atoms with E-state index in [1.54, 1.807) is 25.0 Å². The molecule has 0 saturated heterocycles. The van der Waals surface area contributed by atoms with Crippen LogP contribution in [-0.2, 0) is 14.3 Å². The second-order valence-electron chi connectivity index (χ2n) is 10.7. The highest BCUT2D eigenvalue weighted by Gasteiger charge is 2.28. The number of esters is 1. The lowest BCUT2D eigenvalue weighted by molar-refractivity contribution is -0.147. The van der Waals surface area contributed by atoms with E-state index in [9.17, 15) is 9.59 Å². The van der Waals surface area contributed by atoms with Crippen molar-refractivity contribution in [2.75, 3.05) is 6.61 Å². The third kappa shape index (κ3) is 10.2. The summed E-state index contributed by atoms with van der Waals surface area (Å²) in [6, 6.07) is -1.30. The Morgan fingerprint density at radius 3 is 2.26 bits per heavy atom. The van der Waals surface area contributed by atoms with Gasteiger partial charge in [-0.1, -0.05) is 58.1 Å². The fraction of sp³-hybridized carbons (Fsp3) is 0.846. The smallest absolute Gasteiger partial charge is 0.328 e. The van der Waals surface area contributed by atoms with Crippen molar-refractivity contribution >= 4 is 11.9 Å². The van der Waals surface area contributed by atoms with Crippen molar-refractivity contribution in [3.8, 4) is 0 Å². The number of ether oxygens (including phenoxy) is 1. The van der Waals surface area contributed by atoms with Gasteiger partial charge in [-0.25, -0.2) is 4.79 Å². The van der Waals surface area contributed by atoms with Crippen LogP contribution in [0.5, 0.6) is 0 Å². The number of amides is 1. The summed E-state index contributed by atoms with van der Waals surface area (Å²) in [5.74, 6) is 0.532.